The number of rotatable bonds is 3. The molecule has 2 heterocycles. The SMILES string of the molecule is O=C(CN1CCNCC1)c1cccs1. The van der Waals surface area contributed by atoms with Crippen LogP contribution >= 0.6 is 11.3 Å². The number of carbonyl (C=O) groups excluding carboxylic acids is 1. The molecule has 0 aliphatic carbocycles. The lowest BCUT2D eigenvalue weighted by atomic mass is 10.2. The third-order valence-electron chi connectivity index (χ3n) is 2.37. The summed E-state index contributed by atoms with van der Waals surface area (Å²) in [5.41, 5.74) is 0. The second-order valence-electron chi connectivity index (χ2n) is 3.43. The van der Waals surface area contributed by atoms with Gasteiger partial charge in [-0.15, -0.1) is 11.3 Å². The lowest BCUT2D eigenvalue weighted by Crippen LogP contribution is -2.45. The van der Waals surface area contributed by atoms with Gasteiger partial charge in [-0.3, -0.25) is 9.69 Å². The highest BCUT2D eigenvalue weighted by Gasteiger charge is 2.14. The van der Waals surface area contributed by atoms with Crippen LogP contribution in [0.4, 0.5) is 0 Å². The fourth-order valence-corrected chi connectivity index (χ4v) is 2.24. The second-order valence-corrected chi connectivity index (χ2v) is 4.37. The monoisotopic (exact) mass is 210 g/mol. The largest absolute Gasteiger partial charge is 0.314 e. The van der Waals surface area contributed by atoms with Gasteiger partial charge in [-0.25, -0.2) is 0 Å². The maximum absolute atomic E-state index is 11.7. The van der Waals surface area contributed by atoms with Crippen LogP contribution in [0.2, 0.25) is 0 Å². The first-order valence-electron chi connectivity index (χ1n) is 4.86. The van der Waals surface area contributed by atoms with Crippen LogP contribution < -0.4 is 5.32 Å². The van der Waals surface area contributed by atoms with Gasteiger partial charge in [0.15, 0.2) is 5.78 Å². The quantitative estimate of drug-likeness (QED) is 0.750. The van der Waals surface area contributed by atoms with Gasteiger partial charge < -0.3 is 5.32 Å². The van der Waals surface area contributed by atoms with E-state index in [1.165, 1.54) is 11.3 Å². The van der Waals surface area contributed by atoms with Gasteiger partial charge in [-0.1, -0.05) is 6.07 Å². The third kappa shape index (κ3) is 2.41. The van der Waals surface area contributed by atoms with Crippen molar-refractivity contribution in [1.29, 1.82) is 0 Å². The lowest BCUT2D eigenvalue weighted by molar-refractivity contribution is 0.0925. The molecule has 0 bridgehead atoms. The van der Waals surface area contributed by atoms with Gasteiger partial charge in [0, 0.05) is 26.2 Å². The molecular formula is C10H14N2OS. The Balaban J connectivity index is 1.87. The van der Waals surface area contributed by atoms with Gasteiger partial charge in [-0.05, 0) is 11.4 Å². The van der Waals surface area contributed by atoms with E-state index in [0.29, 0.717) is 6.54 Å². The van der Waals surface area contributed by atoms with E-state index in [9.17, 15) is 4.79 Å². The molecule has 0 unspecified atom stereocenters. The molecule has 0 atom stereocenters. The smallest absolute Gasteiger partial charge is 0.186 e. The van der Waals surface area contributed by atoms with Crippen LogP contribution in [0.3, 0.4) is 0 Å². The van der Waals surface area contributed by atoms with Crippen LogP contribution in [0.25, 0.3) is 0 Å². The van der Waals surface area contributed by atoms with Crippen molar-refractivity contribution in [1.82, 2.24) is 10.2 Å². The van der Waals surface area contributed by atoms with Crippen LogP contribution in [0.1, 0.15) is 9.67 Å². The van der Waals surface area contributed by atoms with Gasteiger partial charge in [0.25, 0.3) is 0 Å². The van der Waals surface area contributed by atoms with Gasteiger partial charge in [0.05, 0.1) is 11.4 Å². The Morgan fingerprint density at radius 3 is 2.93 bits per heavy atom. The van der Waals surface area contributed by atoms with Crippen molar-refractivity contribution in [2.45, 2.75) is 0 Å². The zero-order valence-electron chi connectivity index (χ0n) is 8.03. The number of nitrogens with zero attached hydrogens (tertiary/aromatic N) is 1. The highest BCUT2D eigenvalue weighted by molar-refractivity contribution is 7.12. The van der Waals surface area contributed by atoms with E-state index in [2.05, 4.69) is 10.2 Å². The molecule has 1 aromatic heterocycles. The number of nitrogens with one attached hydrogen (secondary N) is 1. The molecule has 1 aliphatic heterocycles. The molecule has 1 N–H and O–H groups in total. The summed E-state index contributed by atoms with van der Waals surface area (Å²) in [4.78, 5) is 14.8. The molecule has 0 spiro atoms. The first-order chi connectivity index (χ1) is 6.86. The summed E-state index contributed by atoms with van der Waals surface area (Å²) in [5, 5.41) is 5.22. The first kappa shape index (κ1) is 9.83. The van der Waals surface area contributed by atoms with Gasteiger partial charge in [0.1, 0.15) is 0 Å². The molecular weight excluding hydrogens is 196 g/mol. The summed E-state index contributed by atoms with van der Waals surface area (Å²) in [6.45, 7) is 4.53. The Morgan fingerprint density at radius 1 is 1.50 bits per heavy atom. The summed E-state index contributed by atoms with van der Waals surface area (Å²) >= 11 is 1.53. The van der Waals surface area contributed by atoms with Gasteiger partial charge in [-0.2, -0.15) is 0 Å². The number of hydrogen-bond acceptors (Lipinski definition) is 4. The molecule has 14 heavy (non-hydrogen) atoms. The molecule has 76 valence electrons. The zero-order chi connectivity index (χ0) is 9.80. The molecule has 1 fully saturated rings. The fourth-order valence-electron chi connectivity index (χ4n) is 1.59. The van der Waals surface area contributed by atoms with E-state index >= 15 is 0 Å². The van der Waals surface area contributed by atoms with E-state index in [1.54, 1.807) is 0 Å². The van der Waals surface area contributed by atoms with Crippen molar-refractivity contribution < 1.29 is 4.79 Å². The molecule has 0 aromatic carbocycles. The standard InChI is InChI=1S/C10H14N2OS/c13-9(10-2-1-7-14-10)8-12-5-3-11-4-6-12/h1-2,7,11H,3-6,8H2. The second kappa shape index (κ2) is 4.68. The minimum atomic E-state index is 0.252. The molecule has 0 amide bonds. The number of thiophene rings is 1. The lowest BCUT2D eigenvalue weighted by Gasteiger charge is -2.26. The molecule has 0 radical (unpaired) electrons. The van der Waals surface area contributed by atoms with Crippen LogP contribution in [0, 0.1) is 0 Å². The van der Waals surface area contributed by atoms with E-state index in [-0.39, 0.29) is 5.78 Å². The van der Waals surface area contributed by atoms with Crippen LogP contribution in [-0.4, -0.2) is 43.4 Å². The van der Waals surface area contributed by atoms with Crippen molar-refractivity contribution in [3.05, 3.63) is 22.4 Å². The molecule has 2 rings (SSSR count). The summed E-state index contributed by atoms with van der Waals surface area (Å²) in [6.07, 6.45) is 0. The number of ketones is 1. The van der Waals surface area contributed by atoms with E-state index in [0.717, 1.165) is 31.1 Å². The summed E-state index contributed by atoms with van der Waals surface area (Å²) in [6, 6.07) is 3.82. The minimum absolute atomic E-state index is 0.252. The summed E-state index contributed by atoms with van der Waals surface area (Å²) in [7, 11) is 0. The van der Waals surface area contributed by atoms with E-state index in [1.807, 2.05) is 17.5 Å². The molecule has 1 aromatic rings. The van der Waals surface area contributed by atoms with Crippen LogP contribution in [0.5, 0.6) is 0 Å². The fraction of sp³-hybridized carbons (Fsp3) is 0.500. The predicted octanol–water partition coefficient (Wildman–Crippen LogP) is 0.836. The average molecular weight is 210 g/mol. The Labute approximate surface area is 87.7 Å². The Morgan fingerprint density at radius 2 is 2.29 bits per heavy atom. The van der Waals surface area contributed by atoms with Crippen molar-refractivity contribution >= 4 is 17.1 Å². The third-order valence-corrected chi connectivity index (χ3v) is 3.28. The summed E-state index contributed by atoms with van der Waals surface area (Å²) < 4.78 is 0. The van der Waals surface area contributed by atoms with Crippen molar-refractivity contribution in [2.24, 2.45) is 0 Å². The van der Waals surface area contributed by atoms with Crippen molar-refractivity contribution in [2.75, 3.05) is 32.7 Å². The molecule has 4 heteroatoms. The van der Waals surface area contributed by atoms with Gasteiger partial charge >= 0.3 is 0 Å². The normalized spacial score (nSPS) is 18.3. The Hall–Kier alpha value is -0.710. The topological polar surface area (TPSA) is 32.3 Å². The molecule has 0 saturated carbocycles. The zero-order valence-corrected chi connectivity index (χ0v) is 8.85. The summed E-state index contributed by atoms with van der Waals surface area (Å²) in [5.74, 6) is 0.252. The van der Waals surface area contributed by atoms with E-state index < -0.39 is 0 Å². The number of piperazine rings is 1. The van der Waals surface area contributed by atoms with E-state index in [4.69, 9.17) is 0 Å². The average Bonchev–Trinajstić information content (AvgIpc) is 2.72. The molecule has 1 aliphatic rings. The number of carbonyl (C=O) groups is 1. The number of hydrogen-bond donors (Lipinski definition) is 1. The highest BCUT2D eigenvalue weighted by Crippen LogP contribution is 2.10. The molecule has 3 nitrogen and oxygen atoms in total. The predicted molar refractivity (Wildman–Crippen MR) is 58.0 cm³/mol. The van der Waals surface area contributed by atoms with Crippen LogP contribution in [-0.2, 0) is 0 Å². The molecule has 1 saturated heterocycles. The van der Waals surface area contributed by atoms with Crippen molar-refractivity contribution in [3.8, 4) is 0 Å². The highest BCUT2D eigenvalue weighted by atomic mass is 32.1. The Kier molecular flexibility index (Phi) is 3.29. The minimum Gasteiger partial charge on any atom is -0.314 e. The maximum Gasteiger partial charge on any atom is 0.186 e. The number of Topliss-reactive ketones (excluding diaryl/α,β-unsaturated/α-hetero) is 1. The first-order valence-corrected chi connectivity index (χ1v) is 5.74. The van der Waals surface area contributed by atoms with Gasteiger partial charge in [0.2, 0.25) is 0 Å². The van der Waals surface area contributed by atoms with Crippen LogP contribution in [0.15, 0.2) is 17.5 Å². The Bertz CT molecular complexity index is 291. The maximum atomic E-state index is 11.7. The van der Waals surface area contributed by atoms with Crippen molar-refractivity contribution in [3.63, 3.8) is 0 Å².